The van der Waals surface area contributed by atoms with Crippen molar-refractivity contribution >= 4 is 11.8 Å². The summed E-state index contributed by atoms with van der Waals surface area (Å²) in [7, 11) is 1.22. The van der Waals surface area contributed by atoms with Crippen molar-refractivity contribution in [2.24, 2.45) is 0 Å². The molecule has 2 amide bonds. The fourth-order valence-electron chi connectivity index (χ4n) is 1.67. The summed E-state index contributed by atoms with van der Waals surface area (Å²) >= 11 is 0. The van der Waals surface area contributed by atoms with E-state index >= 15 is 0 Å². The van der Waals surface area contributed by atoms with Gasteiger partial charge in [-0.15, -0.1) is 0 Å². The number of β-lactam (4-membered cyclic amide) rings is 1. The molecule has 1 atom stereocenters. The van der Waals surface area contributed by atoms with E-state index in [1.807, 2.05) is 6.07 Å². The molecule has 1 fully saturated rings. The Hall–Kier alpha value is -1.96. The molecule has 7 nitrogen and oxygen atoms in total. The highest BCUT2D eigenvalue weighted by molar-refractivity contribution is 6.12. The van der Waals surface area contributed by atoms with Crippen LogP contribution in [0, 0.1) is 0 Å². The van der Waals surface area contributed by atoms with Crippen LogP contribution in [0.15, 0.2) is 30.3 Å². The van der Waals surface area contributed by atoms with Crippen molar-refractivity contribution in [1.82, 2.24) is 10.5 Å². The van der Waals surface area contributed by atoms with Gasteiger partial charge < -0.3 is 10.1 Å². The molecule has 0 saturated carbocycles. The molecular formula is C12H14N2O5. The lowest BCUT2D eigenvalue weighted by Gasteiger charge is -2.38. The van der Waals surface area contributed by atoms with Gasteiger partial charge in [-0.3, -0.25) is 14.8 Å². The van der Waals surface area contributed by atoms with E-state index in [0.29, 0.717) is 0 Å². The van der Waals surface area contributed by atoms with E-state index in [1.54, 1.807) is 24.3 Å². The summed E-state index contributed by atoms with van der Waals surface area (Å²) in [6.07, 6.45) is 0. The average molecular weight is 266 g/mol. The molecule has 1 aliphatic heterocycles. The highest BCUT2D eigenvalue weighted by Gasteiger charge is 2.56. The second-order valence-electron chi connectivity index (χ2n) is 4.05. The largest absolute Gasteiger partial charge is 0.358 e. The highest BCUT2D eigenvalue weighted by Crippen LogP contribution is 2.20. The molecule has 1 aromatic carbocycles. The Kier molecular flexibility index (Phi) is 3.79. The van der Waals surface area contributed by atoms with Crippen molar-refractivity contribution in [1.29, 1.82) is 0 Å². The maximum Gasteiger partial charge on any atom is 0.316 e. The summed E-state index contributed by atoms with van der Waals surface area (Å²) in [4.78, 5) is 28.1. The van der Waals surface area contributed by atoms with Crippen LogP contribution in [-0.2, 0) is 25.8 Å². The summed E-state index contributed by atoms with van der Waals surface area (Å²) in [6.45, 7) is 0.0113. The van der Waals surface area contributed by atoms with Crippen molar-refractivity contribution in [3.63, 3.8) is 0 Å². The number of carbonyl (C=O) groups is 2. The average Bonchev–Trinajstić information content (AvgIpc) is 2.45. The Labute approximate surface area is 109 Å². The number of benzene rings is 1. The van der Waals surface area contributed by atoms with Crippen molar-refractivity contribution in [2.45, 2.75) is 12.2 Å². The molecule has 102 valence electrons. The van der Waals surface area contributed by atoms with E-state index in [9.17, 15) is 14.8 Å². The van der Waals surface area contributed by atoms with Crippen LogP contribution in [0.1, 0.15) is 5.56 Å². The van der Waals surface area contributed by atoms with Gasteiger partial charge in [-0.2, -0.15) is 0 Å². The molecule has 0 spiro atoms. The van der Waals surface area contributed by atoms with E-state index < -0.39 is 17.4 Å². The number of methoxy groups -OCH3 is 1. The molecule has 1 unspecified atom stereocenters. The molecule has 0 radical (unpaired) electrons. The predicted octanol–water partition coefficient (Wildman–Crippen LogP) is -0.149. The van der Waals surface area contributed by atoms with Crippen LogP contribution in [-0.4, -0.2) is 41.5 Å². The Morgan fingerprint density at radius 2 is 2.16 bits per heavy atom. The number of hydrogen-bond donors (Lipinski definition) is 2. The van der Waals surface area contributed by atoms with Crippen LogP contribution in [0.2, 0.25) is 0 Å². The number of nitrogens with zero attached hydrogens (tertiary/aromatic N) is 1. The normalized spacial score (nSPS) is 21.5. The first kappa shape index (κ1) is 13.5. The van der Waals surface area contributed by atoms with E-state index in [1.165, 1.54) is 7.11 Å². The molecule has 0 aliphatic carbocycles. The SMILES string of the molecule is COC1(C(=O)N(O)OCc2ccccc2)CNC1=O. The number of ether oxygens (including phenoxy) is 1. The van der Waals surface area contributed by atoms with Gasteiger partial charge in [0.1, 0.15) is 6.61 Å². The van der Waals surface area contributed by atoms with Gasteiger partial charge in [0.15, 0.2) is 0 Å². The number of hydrogen-bond acceptors (Lipinski definition) is 5. The fourth-order valence-corrected chi connectivity index (χ4v) is 1.67. The number of nitrogens with one attached hydrogen (secondary N) is 1. The quantitative estimate of drug-likeness (QED) is 0.335. The lowest BCUT2D eigenvalue weighted by Crippen LogP contribution is -2.72. The molecule has 7 heteroatoms. The summed E-state index contributed by atoms with van der Waals surface area (Å²) in [5, 5.41) is 12.0. The van der Waals surface area contributed by atoms with E-state index in [-0.39, 0.29) is 18.4 Å². The minimum absolute atomic E-state index is 0.00446. The Bertz CT molecular complexity index is 474. The Morgan fingerprint density at radius 1 is 1.47 bits per heavy atom. The molecule has 0 bridgehead atoms. The third kappa shape index (κ3) is 2.43. The summed E-state index contributed by atoms with van der Waals surface area (Å²) in [5.74, 6) is -1.54. The molecule has 1 saturated heterocycles. The number of hydroxylamine groups is 2. The molecule has 1 aromatic rings. The minimum atomic E-state index is -1.69. The second-order valence-corrected chi connectivity index (χ2v) is 4.05. The third-order valence-corrected chi connectivity index (χ3v) is 2.93. The zero-order valence-corrected chi connectivity index (χ0v) is 10.3. The van der Waals surface area contributed by atoms with Crippen LogP contribution < -0.4 is 5.32 Å². The van der Waals surface area contributed by atoms with Crippen LogP contribution in [0.5, 0.6) is 0 Å². The standard InChI is InChI=1S/C12H14N2O5/c1-18-12(8-13-10(12)15)11(16)14(17)19-7-9-5-3-2-4-6-9/h2-6,17H,7-8H2,1H3,(H,13,15). The Balaban J connectivity index is 1.95. The van der Waals surface area contributed by atoms with Crippen LogP contribution in [0.25, 0.3) is 0 Å². The minimum Gasteiger partial charge on any atom is -0.358 e. The first-order chi connectivity index (χ1) is 9.10. The predicted molar refractivity (Wildman–Crippen MR) is 62.6 cm³/mol. The van der Waals surface area contributed by atoms with Gasteiger partial charge in [-0.05, 0) is 5.56 Å². The Morgan fingerprint density at radius 3 is 2.63 bits per heavy atom. The molecule has 2 rings (SSSR count). The van der Waals surface area contributed by atoms with Crippen molar-refractivity contribution < 1.29 is 24.4 Å². The van der Waals surface area contributed by atoms with Gasteiger partial charge in [0.05, 0.1) is 6.54 Å². The first-order valence-electron chi connectivity index (χ1n) is 5.64. The smallest absolute Gasteiger partial charge is 0.316 e. The van der Waals surface area contributed by atoms with Gasteiger partial charge in [0, 0.05) is 7.11 Å². The lowest BCUT2D eigenvalue weighted by atomic mass is 9.95. The van der Waals surface area contributed by atoms with Gasteiger partial charge >= 0.3 is 5.91 Å². The molecule has 2 N–H and O–H groups in total. The topological polar surface area (TPSA) is 88.1 Å². The van der Waals surface area contributed by atoms with Gasteiger partial charge in [0.25, 0.3) is 5.91 Å². The van der Waals surface area contributed by atoms with Crippen molar-refractivity contribution in [3.05, 3.63) is 35.9 Å². The number of amides is 2. The van der Waals surface area contributed by atoms with Crippen LogP contribution in [0.3, 0.4) is 0 Å². The maximum atomic E-state index is 11.9. The lowest BCUT2D eigenvalue weighted by molar-refractivity contribution is -0.330. The monoisotopic (exact) mass is 266 g/mol. The maximum absolute atomic E-state index is 11.9. The van der Waals surface area contributed by atoms with E-state index in [2.05, 4.69) is 5.32 Å². The summed E-state index contributed by atoms with van der Waals surface area (Å²) < 4.78 is 4.88. The molecule has 19 heavy (non-hydrogen) atoms. The zero-order valence-electron chi connectivity index (χ0n) is 10.3. The van der Waals surface area contributed by atoms with Gasteiger partial charge in [-0.1, -0.05) is 35.6 Å². The number of carbonyl (C=O) groups excluding carboxylic acids is 2. The fraction of sp³-hybridized carbons (Fsp3) is 0.333. The van der Waals surface area contributed by atoms with Gasteiger partial charge in [-0.25, -0.2) is 4.84 Å². The van der Waals surface area contributed by atoms with E-state index in [4.69, 9.17) is 9.57 Å². The third-order valence-electron chi connectivity index (χ3n) is 2.93. The molecule has 1 aliphatic rings. The van der Waals surface area contributed by atoms with Crippen molar-refractivity contribution in [2.75, 3.05) is 13.7 Å². The van der Waals surface area contributed by atoms with Crippen LogP contribution in [0.4, 0.5) is 0 Å². The number of rotatable bonds is 5. The summed E-state index contributed by atoms with van der Waals surface area (Å²) in [5.41, 5.74) is -0.912. The van der Waals surface area contributed by atoms with Crippen LogP contribution >= 0.6 is 0 Å². The molecule has 1 heterocycles. The van der Waals surface area contributed by atoms with E-state index in [0.717, 1.165) is 5.56 Å². The first-order valence-corrected chi connectivity index (χ1v) is 5.64. The molecule has 0 aromatic heterocycles. The summed E-state index contributed by atoms with van der Waals surface area (Å²) in [6, 6.07) is 9.00. The second kappa shape index (κ2) is 5.35. The zero-order chi connectivity index (χ0) is 13.9. The van der Waals surface area contributed by atoms with Gasteiger partial charge in [0.2, 0.25) is 5.60 Å². The highest BCUT2D eigenvalue weighted by atomic mass is 16.9. The molecular weight excluding hydrogens is 252 g/mol. The van der Waals surface area contributed by atoms with Crippen molar-refractivity contribution in [3.8, 4) is 0 Å².